The van der Waals surface area contributed by atoms with E-state index < -0.39 is 6.10 Å². The van der Waals surface area contributed by atoms with Gasteiger partial charge in [-0.25, -0.2) is 4.39 Å². The SMILES string of the molecule is CCCCC(CC)C(O)Cc1cc(Br)ccc1F. The molecule has 0 aliphatic heterocycles. The fourth-order valence-corrected chi connectivity index (χ4v) is 2.64. The highest BCUT2D eigenvalue weighted by molar-refractivity contribution is 9.10. The molecule has 102 valence electrons. The number of unbranched alkanes of at least 4 members (excludes halogenated alkanes) is 1. The van der Waals surface area contributed by atoms with Crippen molar-refractivity contribution in [2.45, 2.75) is 52.1 Å². The predicted molar refractivity (Wildman–Crippen MR) is 77.1 cm³/mol. The number of aliphatic hydroxyl groups excluding tert-OH is 1. The molecule has 0 aromatic heterocycles. The van der Waals surface area contributed by atoms with Gasteiger partial charge in [0, 0.05) is 10.9 Å². The zero-order chi connectivity index (χ0) is 13.5. The van der Waals surface area contributed by atoms with Crippen LogP contribution in [-0.4, -0.2) is 11.2 Å². The average molecular weight is 317 g/mol. The van der Waals surface area contributed by atoms with Gasteiger partial charge in [0.25, 0.3) is 0 Å². The number of hydrogen-bond acceptors (Lipinski definition) is 1. The van der Waals surface area contributed by atoms with Crippen LogP contribution in [-0.2, 0) is 6.42 Å². The van der Waals surface area contributed by atoms with Crippen molar-refractivity contribution in [2.75, 3.05) is 0 Å². The molecule has 18 heavy (non-hydrogen) atoms. The summed E-state index contributed by atoms with van der Waals surface area (Å²) >= 11 is 3.33. The van der Waals surface area contributed by atoms with Gasteiger partial charge in [0.05, 0.1) is 6.10 Å². The Bertz CT molecular complexity index is 368. The molecule has 0 amide bonds. The van der Waals surface area contributed by atoms with Crippen LogP contribution in [0.2, 0.25) is 0 Å². The zero-order valence-corrected chi connectivity index (χ0v) is 12.7. The molecule has 0 radical (unpaired) electrons. The lowest BCUT2D eigenvalue weighted by Crippen LogP contribution is -2.23. The quantitative estimate of drug-likeness (QED) is 0.772. The van der Waals surface area contributed by atoms with E-state index in [0.717, 1.165) is 30.2 Å². The van der Waals surface area contributed by atoms with Crippen molar-refractivity contribution < 1.29 is 9.50 Å². The van der Waals surface area contributed by atoms with Crippen molar-refractivity contribution in [3.63, 3.8) is 0 Å². The molecule has 0 bridgehead atoms. The zero-order valence-electron chi connectivity index (χ0n) is 11.1. The Balaban J connectivity index is 2.66. The normalized spacial score (nSPS) is 14.5. The molecule has 1 N–H and O–H groups in total. The van der Waals surface area contributed by atoms with E-state index in [4.69, 9.17) is 0 Å². The molecule has 0 fully saturated rings. The summed E-state index contributed by atoms with van der Waals surface area (Å²) in [4.78, 5) is 0. The van der Waals surface area contributed by atoms with Gasteiger partial charge in [0.15, 0.2) is 0 Å². The summed E-state index contributed by atoms with van der Waals surface area (Å²) in [5.74, 6) is 0.0333. The van der Waals surface area contributed by atoms with Gasteiger partial charge in [-0.2, -0.15) is 0 Å². The van der Waals surface area contributed by atoms with Gasteiger partial charge in [0.1, 0.15) is 5.82 Å². The van der Waals surface area contributed by atoms with Crippen LogP contribution in [0, 0.1) is 11.7 Å². The first-order valence-electron chi connectivity index (χ1n) is 6.70. The molecule has 1 rings (SSSR count). The van der Waals surface area contributed by atoms with Gasteiger partial charge in [0.2, 0.25) is 0 Å². The van der Waals surface area contributed by atoms with Crippen LogP contribution in [0.3, 0.4) is 0 Å². The van der Waals surface area contributed by atoms with E-state index in [2.05, 4.69) is 29.8 Å². The van der Waals surface area contributed by atoms with Crippen molar-refractivity contribution in [1.29, 1.82) is 0 Å². The van der Waals surface area contributed by atoms with E-state index in [1.54, 1.807) is 12.1 Å². The van der Waals surface area contributed by atoms with Gasteiger partial charge in [-0.05, 0) is 36.1 Å². The van der Waals surface area contributed by atoms with Gasteiger partial charge >= 0.3 is 0 Å². The summed E-state index contributed by atoms with van der Waals surface area (Å²) in [5.41, 5.74) is 0.590. The maximum absolute atomic E-state index is 13.6. The molecule has 0 heterocycles. The largest absolute Gasteiger partial charge is 0.392 e. The minimum absolute atomic E-state index is 0.234. The fraction of sp³-hybridized carbons (Fsp3) is 0.600. The average Bonchev–Trinajstić information content (AvgIpc) is 2.35. The maximum Gasteiger partial charge on any atom is 0.126 e. The molecular formula is C15H22BrFO. The lowest BCUT2D eigenvalue weighted by atomic mass is 9.89. The topological polar surface area (TPSA) is 20.2 Å². The number of halogens is 2. The van der Waals surface area contributed by atoms with Crippen molar-refractivity contribution in [1.82, 2.24) is 0 Å². The van der Waals surface area contributed by atoms with Gasteiger partial charge in [-0.1, -0.05) is 49.0 Å². The molecular weight excluding hydrogens is 295 g/mol. The summed E-state index contributed by atoms with van der Waals surface area (Å²) in [6.07, 6.45) is 4.16. The first-order valence-corrected chi connectivity index (χ1v) is 7.49. The molecule has 2 unspecified atom stereocenters. The highest BCUT2D eigenvalue weighted by atomic mass is 79.9. The minimum Gasteiger partial charge on any atom is -0.392 e. The Kier molecular flexibility index (Phi) is 6.87. The number of aliphatic hydroxyl groups is 1. The Morgan fingerprint density at radius 1 is 1.33 bits per heavy atom. The Morgan fingerprint density at radius 3 is 2.67 bits per heavy atom. The second-order valence-corrected chi connectivity index (χ2v) is 5.73. The maximum atomic E-state index is 13.6. The van der Waals surface area contributed by atoms with Crippen LogP contribution in [0.15, 0.2) is 22.7 Å². The first-order chi connectivity index (χ1) is 8.58. The van der Waals surface area contributed by atoms with Gasteiger partial charge in [-0.3, -0.25) is 0 Å². The van der Waals surface area contributed by atoms with Gasteiger partial charge < -0.3 is 5.11 Å². The standard InChI is InChI=1S/C15H22BrFO/c1-3-5-6-11(4-2)15(18)10-12-9-13(16)7-8-14(12)17/h7-9,11,15,18H,3-6,10H2,1-2H3. The van der Waals surface area contributed by atoms with Crippen LogP contribution in [0.25, 0.3) is 0 Å². The van der Waals surface area contributed by atoms with E-state index in [1.807, 2.05) is 0 Å². The van der Waals surface area contributed by atoms with Crippen molar-refractivity contribution in [3.8, 4) is 0 Å². The molecule has 0 saturated heterocycles. The molecule has 0 aliphatic carbocycles. The highest BCUT2D eigenvalue weighted by Crippen LogP contribution is 2.23. The third-order valence-electron chi connectivity index (χ3n) is 3.43. The first kappa shape index (κ1) is 15.6. The van der Waals surface area contributed by atoms with E-state index >= 15 is 0 Å². The Labute approximate surface area is 118 Å². The smallest absolute Gasteiger partial charge is 0.126 e. The predicted octanol–water partition coefficient (Wildman–Crippen LogP) is 4.71. The summed E-state index contributed by atoms with van der Waals surface area (Å²) in [6.45, 7) is 4.23. The van der Waals surface area contributed by atoms with Gasteiger partial charge in [-0.15, -0.1) is 0 Å². The number of rotatable bonds is 7. The van der Waals surface area contributed by atoms with Crippen LogP contribution in [0.4, 0.5) is 4.39 Å². The third kappa shape index (κ3) is 4.69. The molecule has 0 spiro atoms. The van der Waals surface area contributed by atoms with E-state index in [1.165, 1.54) is 6.07 Å². The van der Waals surface area contributed by atoms with Crippen LogP contribution >= 0.6 is 15.9 Å². The monoisotopic (exact) mass is 316 g/mol. The third-order valence-corrected chi connectivity index (χ3v) is 3.93. The van der Waals surface area contributed by atoms with Crippen molar-refractivity contribution >= 4 is 15.9 Å². The molecule has 1 aromatic carbocycles. The molecule has 2 atom stereocenters. The van der Waals surface area contributed by atoms with Crippen LogP contribution in [0.5, 0.6) is 0 Å². The summed E-state index contributed by atoms with van der Waals surface area (Å²) < 4.78 is 14.5. The Hall–Kier alpha value is -0.410. The second-order valence-electron chi connectivity index (χ2n) is 4.82. The summed E-state index contributed by atoms with van der Waals surface area (Å²) in [7, 11) is 0. The number of benzene rings is 1. The Morgan fingerprint density at radius 2 is 2.06 bits per heavy atom. The van der Waals surface area contributed by atoms with E-state index in [9.17, 15) is 9.50 Å². The van der Waals surface area contributed by atoms with Crippen LogP contribution in [0.1, 0.15) is 45.1 Å². The van der Waals surface area contributed by atoms with E-state index in [-0.39, 0.29) is 11.7 Å². The molecule has 1 nitrogen and oxygen atoms in total. The summed E-state index contributed by atoms with van der Waals surface area (Å²) in [6, 6.07) is 4.88. The lowest BCUT2D eigenvalue weighted by Gasteiger charge is -2.21. The highest BCUT2D eigenvalue weighted by Gasteiger charge is 2.18. The molecule has 3 heteroatoms. The molecule has 1 aromatic rings. The summed E-state index contributed by atoms with van der Waals surface area (Å²) in [5, 5.41) is 10.2. The van der Waals surface area contributed by atoms with Crippen molar-refractivity contribution in [2.24, 2.45) is 5.92 Å². The van der Waals surface area contributed by atoms with Crippen molar-refractivity contribution in [3.05, 3.63) is 34.1 Å². The second kappa shape index (κ2) is 7.90. The lowest BCUT2D eigenvalue weighted by molar-refractivity contribution is 0.0979. The minimum atomic E-state index is -0.453. The van der Waals surface area contributed by atoms with Crippen LogP contribution < -0.4 is 0 Å². The van der Waals surface area contributed by atoms with E-state index in [0.29, 0.717) is 12.0 Å². The fourth-order valence-electron chi connectivity index (χ4n) is 2.23. The number of hydrogen-bond donors (Lipinski definition) is 1. The molecule has 0 aliphatic rings. The molecule has 0 saturated carbocycles.